The zero-order valence-corrected chi connectivity index (χ0v) is 8.66. The van der Waals surface area contributed by atoms with E-state index in [-0.39, 0.29) is 0 Å². The van der Waals surface area contributed by atoms with Gasteiger partial charge in [0, 0.05) is 0 Å². The molecule has 2 aliphatic carbocycles. The van der Waals surface area contributed by atoms with Crippen molar-refractivity contribution >= 4 is 0 Å². The fourth-order valence-electron chi connectivity index (χ4n) is 2.43. The minimum atomic E-state index is 0.466. The van der Waals surface area contributed by atoms with E-state index in [9.17, 15) is 0 Å². The molecule has 0 radical (unpaired) electrons. The second-order valence-corrected chi connectivity index (χ2v) is 5.77. The van der Waals surface area contributed by atoms with Gasteiger partial charge < -0.3 is 0 Å². The molecule has 0 saturated heterocycles. The molecule has 0 N–H and O–H groups in total. The Morgan fingerprint density at radius 3 is 3.00 bits per heavy atom. The summed E-state index contributed by atoms with van der Waals surface area (Å²) in [6, 6.07) is 0. The molecule has 0 aromatic heterocycles. The van der Waals surface area contributed by atoms with Gasteiger partial charge in [0.15, 0.2) is 0 Å². The summed E-state index contributed by atoms with van der Waals surface area (Å²) in [5.41, 5.74) is 1.66. The first kappa shape index (κ1) is 7.82. The van der Waals surface area contributed by atoms with Gasteiger partial charge in [0.05, 0.1) is 0 Å². The first-order valence-corrected chi connectivity index (χ1v) is 5.03. The summed E-state index contributed by atoms with van der Waals surface area (Å²) in [6.07, 6.45) is 8.24. The zero-order valence-electron chi connectivity index (χ0n) is 7.09. The molecule has 1 saturated carbocycles. The molecule has 0 nitrogen and oxygen atoms in total. The Labute approximate surface area is 80.2 Å². The van der Waals surface area contributed by atoms with Crippen LogP contribution < -0.4 is 0 Å². The second-order valence-electron chi connectivity index (χ2n) is 4.05. The van der Waals surface area contributed by atoms with Crippen LogP contribution in [-0.2, 0) is 20.4 Å². The van der Waals surface area contributed by atoms with Crippen molar-refractivity contribution in [1.29, 1.82) is 0 Å². The van der Waals surface area contributed by atoms with Crippen LogP contribution in [-0.4, -0.2) is 0 Å². The average Bonchev–Trinajstić information content (AvgIpc) is 2.37. The van der Waals surface area contributed by atoms with Crippen molar-refractivity contribution < 1.29 is 20.4 Å². The molecule has 57 valence electrons. The summed E-state index contributed by atoms with van der Waals surface area (Å²) in [5, 5.41) is 0. The van der Waals surface area contributed by atoms with E-state index in [0.717, 1.165) is 11.8 Å². The first-order valence-electron chi connectivity index (χ1n) is 4.25. The minimum absolute atomic E-state index is 0.466. The van der Waals surface area contributed by atoms with E-state index in [1.165, 1.54) is 6.42 Å². The van der Waals surface area contributed by atoms with Crippen LogP contribution >= 0.6 is 0 Å². The average molecular weight is 181 g/mol. The third kappa shape index (κ3) is 1.08. The number of rotatable bonds is 0. The summed E-state index contributed by atoms with van der Waals surface area (Å²) in [7, 11) is 0. The van der Waals surface area contributed by atoms with Gasteiger partial charge in [0.25, 0.3) is 0 Å². The fourth-order valence-corrected chi connectivity index (χ4v) is 3.32. The molecule has 0 aliphatic heterocycles. The summed E-state index contributed by atoms with van der Waals surface area (Å²) in [4.78, 5) is 0. The molecular formula is C10H13Ti. The maximum atomic E-state index is 2.36. The first-order chi connectivity index (χ1) is 5.11. The van der Waals surface area contributed by atoms with Crippen LogP contribution in [0.3, 0.4) is 0 Å². The number of hydrogen-bond acceptors (Lipinski definition) is 0. The quantitative estimate of drug-likeness (QED) is 0.504. The van der Waals surface area contributed by atoms with E-state index in [4.69, 9.17) is 0 Å². The topological polar surface area (TPSA) is 0 Å². The summed E-state index contributed by atoms with van der Waals surface area (Å²) < 4.78 is 0.466. The summed E-state index contributed by atoms with van der Waals surface area (Å²) >= 11 is 2.36. The molecule has 0 aromatic rings. The molecule has 11 heavy (non-hydrogen) atoms. The molecule has 3 unspecified atom stereocenters. The maximum absolute atomic E-state index is 2.36. The van der Waals surface area contributed by atoms with E-state index >= 15 is 0 Å². The molecule has 0 aromatic carbocycles. The Balaban J connectivity index is 2.37. The molecule has 2 rings (SSSR count). The van der Waals surface area contributed by atoms with Gasteiger partial charge in [0.2, 0.25) is 0 Å². The van der Waals surface area contributed by atoms with Gasteiger partial charge in [-0.25, -0.2) is 0 Å². The Morgan fingerprint density at radius 1 is 1.64 bits per heavy atom. The Hall–Kier alpha value is 0.194. The molecule has 3 atom stereocenters. The van der Waals surface area contributed by atoms with E-state index in [1.54, 1.807) is 5.57 Å². The molecule has 0 heterocycles. The molecule has 1 heteroatoms. The second kappa shape index (κ2) is 2.34. The standard InChI is InChI=1S/C10H13.Ti/c1-7-6-8(2)10-5-3-4-9(7)10;/h3-5,7,9H,6H2,1-2H3;. The predicted molar refractivity (Wildman–Crippen MR) is 42.9 cm³/mol. The molecule has 0 amide bonds. The monoisotopic (exact) mass is 181 g/mol. The van der Waals surface area contributed by atoms with Crippen molar-refractivity contribution in [1.82, 2.24) is 0 Å². The number of hydrogen-bond donors (Lipinski definition) is 0. The van der Waals surface area contributed by atoms with Crippen LogP contribution in [0.4, 0.5) is 0 Å². The van der Waals surface area contributed by atoms with Crippen LogP contribution in [0.25, 0.3) is 0 Å². The summed E-state index contributed by atoms with van der Waals surface area (Å²) in [6.45, 7) is 4.73. The van der Waals surface area contributed by atoms with Crippen LogP contribution in [0.1, 0.15) is 20.3 Å². The SMILES string of the molecule is CC1C[C](C)([Ti])C2=CC=CC21. The molecule has 2 aliphatic rings. The molecule has 0 bridgehead atoms. The van der Waals surface area contributed by atoms with Crippen molar-refractivity contribution in [3.63, 3.8) is 0 Å². The van der Waals surface area contributed by atoms with Crippen LogP contribution in [0, 0.1) is 11.8 Å². The van der Waals surface area contributed by atoms with E-state index < -0.39 is 0 Å². The van der Waals surface area contributed by atoms with Gasteiger partial charge in [-0.3, -0.25) is 0 Å². The van der Waals surface area contributed by atoms with Gasteiger partial charge in [-0.1, -0.05) is 0 Å². The summed E-state index contributed by atoms with van der Waals surface area (Å²) in [5.74, 6) is 1.62. The van der Waals surface area contributed by atoms with Gasteiger partial charge in [0.1, 0.15) is 0 Å². The van der Waals surface area contributed by atoms with Gasteiger partial charge >= 0.3 is 80.1 Å². The molecular weight excluding hydrogens is 168 g/mol. The van der Waals surface area contributed by atoms with Crippen LogP contribution in [0.15, 0.2) is 23.8 Å². The van der Waals surface area contributed by atoms with E-state index in [1.807, 2.05) is 0 Å². The van der Waals surface area contributed by atoms with Gasteiger partial charge in [-0.2, -0.15) is 0 Å². The van der Waals surface area contributed by atoms with Crippen molar-refractivity contribution in [2.24, 2.45) is 11.8 Å². The van der Waals surface area contributed by atoms with E-state index in [0.29, 0.717) is 3.72 Å². The Kier molecular flexibility index (Phi) is 1.66. The van der Waals surface area contributed by atoms with Crippen molar-refractivity contribution in [3.8, 4) is 0 Å². The fraction of sp³-hybridized carbons (Fsp3) is 0.600. The molecule has 1 fully saturated rings. The number of fused-ring (bicyclic) bond motifs is 1. The third-order valence-electron chi connectivity index (χ3n) is 2.93. The zero-order chi connectivity index (χ0) is 8.06. The normalized spacial score (nSPS) is 47.5. The Morgan fingerprint density at radius 2 is 2.36 bits per heavy atom. The Bertz CT molecular complexity index is 235. The van der Waals surface area contributed by atoms with Gasteiger partial charge in [-0.15, -0.1) is 0 Å². The van der Waals surface area contributed by atoms with Crippen molar-refractivity contribution in [2.75, 3.05) is 0 Å². The van der Waals surface area contributed by atoms with E-state index in [2.05, 4.69) is 52.5 Å². The molecule has 0 spiro atoms. The van der Waals surface area contributed by atoms with Crippen molar-refractivity contribution in [2.45, 2.75) is 24.0 Å². The third-order valence-corrected chi connectivity index (χ3v) is 3.70. The van der Waals surface area contributed by atoms with Crippen molar-refractivity contribution in [3.05, 3.63) is 23.8 Å². The predicted octanol–water partition coefficient (Wildman–Crippen LogP) is 2.86. The number of allylic oxidation sites excluding steroid dienone is 4. The van der Waals surface area contributed by atoms with Crippen LogP contribution in [0.5, 0.6) is 0 Å². The van der Waals surface area contributed by atoms with Crippen LogP contribution in [0.2, 0.25) is 3.72 Å². The van der Waals surface area contributed by atoms with Gasteiger partial charge in [-0.05, 0) is 0 Å².